The van der Waals surface area contributed by atoms with Gasteiger partial charge in [-0.3, -0.25) is 0 Å². The third kappa shape index (κ3) is 2.98. The second-order valence-electron chi connectivity index (χ2n) is 5.51. The van der Waals surface area contributed by atoms with Crippen molar-refractivity contribution < 1.29 is 14.6 Å². The van der Waals surface area contributed by atoms with E-state index in [9.17, 15) is 9.90 Å². The number of hydrogen-bond donors (Lipinski definition) is 1. The van der Waals surface area contributed by atoms with Gasteiger partial charge in [-0.05, 0) is 30.3 Å². The van der Waals surface area contributed by atoms with E-state index in [0.29, 0.717) is 10.5 Å². The first kappa shape index (κ1) is 16.1. The Labute approximate surface area is 153 Å². The van der Waals surface area contributed by atoms with Gasteiger partial charge in [0, 0.05) is 28.9 Å². The lowest BCUT2D eigenvalue weighted by molar-refractivity contribution is 0.0694. The van der Waals surface area contributed by atoms with Crippen LogP contribution in [0.25, 0.3) is 16.6 Å². The second-order valence-corrected chi connectivity index (χ2v) is 5.95. The van der Waals surface area contributed by atoms with Gasteiger partial charge in [-0.1, -0.05) is 23.7 Å². The minimum Gasteiger partial charge on any atom is -0.478 e. The zero-order valence-electron chi connectivity index (χ0n) is 13.3. The van der Waals surface area contributed by atoms with Crippen molar-refractivity contribution in [3.05, 3.63) is 77.8 Å². The molecular formula is C19H12ClN3O3. The molecule has 0 bridgehead atoms. The molecule has 0 fully saturated rings. The highest BCUT2D eigenvalue weighted by molar-refractivity contribution is 6.31. The van der Waals surface area contributed by atoms with E-state index in [4.69, 9.17) is 16.3 Å². The van der Waals surface area contributed by atoms with E-state index >= 15 is 0 Å². The molecule has 2 heterocycles. The van der Waals surface area contributed by atoms with Crippen LogP contribution in [0.1, 0.15) is 10.4 Å². The summed E-state index contributed by atoms with van der Waals surface area (Å²) >= 11 is 6.10. The number of hydrogen-bond acceptors (Lipinski definition) is 4. The Morgan fingerprint density at radius 2 is 2.00 bits per heavy atom. The molecule has 4 rings (SSSR count). The molecule has 0 radical (unpaired) electrons. The van der Waals surface area contributed by atoms with Crippen molar-refractivity contribution >= 4 is 28.5 Å². The third-order valence-corrected chi connectivity index (χ3v) is 4.08. The van der Waals surface area contributed by atoms with E-state index in [1.165, 1.54) is 6.07 Å². The summed E-state index contributed by atoms with van der Waals surface area (Å²) < 4.78 is 7.62. The normalized spacial score (nSPS) is 10.8. The fourth-order valence-corrected chi connectivity index (χ4v) is 2.84. The number of carbonyl (C=O) groups is 1. The van der Waals surface area contributed by atoms with Crippen molar-refractivity contribution in [2.75, 3.05) is 0 Å². The molecule has 2 aromatic heterocycles. The first-order valence-electron chi connectivity index (χ1n) is 7.70. The van der Waals surface area contributed by atoms with Crippen LogP contribution in [0.15, 0.2) is 67.3 Å². The van der Waals surface area contributed by atoms with Crippen LogP contribution < -0.4 is 4.74 Å². The molecule has 1 N–H and O–H groups in total. The summed E-state index contributed by atoms with van der Waals surface area (Å²) in [5.74, 6) is -0.595. The topological polar surface area (TPSA) is 77.2 Å². The molecule has 0 aliphatic rings. The quantitative estimate of drug-likeness (QED) is 0.573. The number of imidazole rings is 1. The highest BCUT2D eigenvalue weighted by Crippen LogP contribution is 2.31. The molecular weight excluding hydrogens is 354 g/mol. The van der Waals surface area contributed by atoms with E-state index in [1.807, 2.05) is 10.6 Å². The number of aromatic carboxylic acids is 1. The zero-order chi connectivity index (χ0) is 18.1. The number of benzene rings is 2. The Hall–Kier alpha value is -3.38. The number of halogens is 1. The number of ether oxygens (including phenoxy) is 1. The summed E-state index contributed by atoms with van der Waals surface area (Å²) in [5.41, 5.74) is 1.49. The molecule has 0 aliphatic carbocycles. The van der Waals surface area contributed by atoms with Crippen molar-refractivity contribution in [3.8, 4) is 17.3 Å². The van der Waals surface area contributed by atoms with Gasteiger partial charge in [-0.25, -0.2) is 14.8 Å². The van der Waals surface area contributed by atoms with Gasteiger partial charge in [-0.2, -0.15) is 0 Å². The molecule has 0 amide bonds. The Morgan fingerprint density at radius 3 is 2.77 bits per heavy atom. The molecule has 0 atom stereocenters. The van der Waals surface area contributed by atoms with E-state index < -0.39 is 5.97 Å². The predicted octanol–water partition coefficient (Wildman–Crippen LogP) is 4.56. The number of para-hydroxylation sites is 1. The number of aromatic nitrogens is 3. The number of carboxylic acid groups (broad SMARTS) is 1. The summed E-state index contributed by atoms with van der Waals surface area (Å²) in [6.45, 7) is 0. The van der Waals surface area contributed by atoms with Gasteiger partial charge in [0.25, 0.3) is 0 Å². The molecule has 0 spiro atoms. The van der Waals surface area contributed by atoms with E-state index in [-0.39, 0.29) is 17.2 Å². The highest BCUT2D eigenvalue weighted by Gasteiger charge is 2.14. The number of rotatable bonds is 4. The first-order valence-corrected chi connectivity index (χ1v) is 8.08. The SMILES string of the molecule is O=C(O)c1ccccc1Oc1cc(-n2ccnc2)c2ccc(Cl)cc2n1. The number of fused-ring (bicyclic) bond motifs is 1. The zero-order valence-corrected chi connectivity index (χ0v) is 14.1. The summed E-state index contributed by atoms with van der Waals surface area (Å²) in [5, 5.41) is 10.7. The van der Waals surface area contributed by atoms with Crippen molar-refractivity contribution in [2.45, 2.75) is 0 Å². The molecule has 4 aromatic rings. The monoisotopic (exact) mass is 365 g/mol. The fraction of sp³-hybridized carbons (Fsp3) is 0. The van der Waals surface area contributed by atoms with Crippen LogP contribution in [0.3, 0.4) is 0 Å². The van der Waals surface area contributed by atoms with E-state index in [0.717, 1.165) is 11.1 Å². The van der Waals surface area contributed by atoms with Crippen molar-refractivity contribution in [3.63, 3.8) is 0 Å². The minimum atomic E-state index is -1.07. The van der Waals surface area contributed by atoms with Crippen molar-refractivity contribution in [1.82, 2.24) is 14.5 Å². The summed E-state index contributed by atoms with van der Waals surface area (Å²) in [6, 6.07) is 13.5. The maximum Gasteiger partial charge on any atom is 0.339 e. The average molecular weight is 366 g/mol. The van der Waals surface area contributed by atoms with Crippen molar-refractivity contribution in [2.24, 2.45) is 0 Å². The largest absolute Gasteiger partial charge is 0.478 e. The second kappa shape index (κ2) is 6.50. The molecule has 128 valence electrons. The van der Waals surface area contributed by atoms with Crippen LogP contribution in [-0.4, -0.2) is 25.6 Å². The molecule has 0 unspecified atom stereocenters. The Balaban J connectivity index is 1.87. The van der Waals surface area contributed by atoms with Gasteiger partial charge < -0.3 is 14.4 Å². The molecule has 6 nitrogen and oxygen atoms in total. The predicted molar refractivity (Wildman–Crippen MR) is 97.4 cm³/mol. The van der Waals surface area contributed by atoms with Crippen LogP contribution in [0, 0.1) is 0 Å². The van der Waals surface area contributed by atoms with Crippen LogP contribution in [-0.2, 0) is 0 Å². The summed E-state index contributed by atoms with van der Waals surface area (Å²) in [7, 11) is 0. The third-order valence-electron chi connectivity index (χ3n) is 3.84. The standard InChI is InChI=1S/C19H12ClN3O3/c20-12-5-6-13-15(9-12)22-18(10-16(13)23-8-7-21-11-23)26-17-4-2-1-3-14(17)19(24)25/h1-11H,(H,24,25). The lowest BCUT2D eigenvalue weighted by Crippen LogP contribution is -2.01. The van der Waals surface area contributed by atoms with Gasteiger partial charge in [0.1, 0.15) is 11.3 Å². The molecule has 0 saturated carbocycles. The Bertz CT molecular complexity index is 1110. The maximum absolute atomic E-state index is 11.4. The summed E-state index contributed by atoms with van der Waals surface area (Å²) in [6.07, 6.45) is 5.14. The summed E-state index contributed by atoms with van der Waals surface area (Å²) in [4.78, 5) is 19.9. The maximum atomic E-state index is 11.4. The molecule has 26 heavy (non-hydrogen) atoms. The smallest absolute Gasteiger partial charge is 0.339 e. The number of pyridine rings is 1. The first-order chi connectivity index (χ1) is 12.6. The van der Waals surface area contributed by atoms with E-state index in [1.54, 1.807) is 55.1 Å². The van der Waals surface area contributed by atoms with Gasteiger partial charge in [0.2, 0.25) is 5.88 Å². The number of nitrogens with zero attached hydrogens (tertiary/aromatic N) is 3. The lowest BCUT2D eigenvalue weighted by Gasteiger charge is -2.12. The fourth-order valence-electron chi connectivity index (χ4n) is 2.67. The molecule has 2 aromatic carbocycles. The minimum absolute atomic E-state index is 0.0599. The molecule has 7 heteroatoms. The number of carboxylic acids is 1. The highest BCUT2D eigenvalue weighted by atomic mass is 35.5. The molecule has 0 aliphatic heterocycles. The van der Waals surface area contributed by atoms with Crippen LogP contribution in [0.5, 0.6) is 11.6 Å². The van der Waals surface area contributed by atoms with Gasteiger partial charge in [0.05, 0.1) is 17.5 Å². The van der Waals surface area contributed by atoms with Gasteiger partial charge in [-0.15, -0.1) is 0 Å². The Kier molecular flexibility index (Phi) is 4.02. The molecule has 0 saturated heterocycles. The van der Waals surface area contributed by atoms with Gasteiger partial charge in [0.15, 0.2) is 0 Å². The lowest BCUT2D eigenvalue weighted by atomic mass is 10.2. The Morgan fingerprint density at radius 1 is 1.15 bits per heavy atom. The van der Waals surface area contributed by atoms with Crippen LogP contribution >= 0.6 is 11.6 Å². The van der Waals surface area contributed by atoms with Gasteiger partial charge >= 0.3 is 5.97 Å². The van der Waals surface area contributed by atoms with Crippen molar-refractivity contribution in [1.29, 1.82) is 0 Å². The van der Waals surface area contributed by atoms with Crippen LogP contribution in [0.4, 0.5) is 0 Å². The van der Waals surface area contributed by atoms with E-state index in [2.05, 4.69) is 9.97 Å². The average Bonchev–Trinajstić information content (AvgIpc) is 3.15. The van der Waals surface area contributed by atoms with Crippen LogP contribution in [0.2, 0.25) is 5.02 Å².